The van der Waals surface area contributed by atoms with Crippen LogP contribution in [0.15, 0.2) is 24.3 Å². The van der Waals surface area contributed by atoms with Crippen molar-refractivity contribution in [2.24, 2.45) is 0 Å². The standard InChI is InChI=1S/C19H22O5/c20-13-4-2-1-3-12-10-15(18(23)19(24)17(12)22)14-9-11(5-7-13)6-8-16(14)21/h6,8-10,13,20-24H,1-5,7H2. The zero-order valence-electron chi connectivity index (χ0n) is 13.4. The van der Waals surface area contributed by atoms with Crippen molar-refractivity contribution in [2.45, 2.75) is 44.6 Å². The van der Waals surface area contributed by atoms with Crippen LogP contribution in [0.5, 0.6) is 23.0 Å². The molecular weight excluding hydrogens is 308 g/mol. The Labute approximate surface area is 140 Å². The van der Waals surface area contributed by atoms with Gasteiger partial charge in [0.2, 0.25) is 5.75 Å². The van der Waals surface area contributed by atoms with Gasteiger partial charge in [0, 0.05) is 11.1 Å². The first-order chi connectivity index (χ1) is 11.5. The molecule has 0 aliphatic heterocycles. The Morgan fingerprint density at radius 2 is 1.54 bits per heavy atom. The lowest BCUT2D eigenvalue weighted by Crippen LogP contribution is -2.08. The van der Waals surface area contributed by atoms with E-state index in [-0.39, 0.29) is 17.6 Å². The van der Waals surface area contributed by atoms with Crippen molar-refractivity contribution < 1.29 is 25.5 Å². The summed E-state index contributed by atoms with van der Waals surface area (Å²) in [4.78, 5) is 0. The molecule has 0 fully saturated rings. The summed E-state index contributed by atoms with van der Waals surface area (Å²) in [6.45, 7) is 0. The molecular formula is C19H22O5. The summed E-state index contributed by atoms with van der Waals surface area (Å²) in [6, 6.07) is 6.68. The number of aryl methyl sites for hydroxylation is 2. The number of hydrogen-bond acceptors (Lipinski definition) is 5. The van der Waals surface area contributed by atoms with Crippen LogP contribution in [0.2, 0.25) is 0 Å². The number of rotatable bonds is 0. The van der Waals surface area contributed by atoms with Crippen LogP contribution < -0.4 is 0 Å². The normalized spacial score (nSPS) is 18.3. The molecule has 0 amide bonds. The largest absolute Gasteiger partial charge is 0.507 e. The second-order valence-electron chi connectivity index (χ2n) is 6.42. The third-order valence-electron chi connectivity index (χ3n) is 4.68. The van der Waals surface area contributed by atoms with Gasteiger partial charge < -0.3 is 25.5 Å². The number of aromatic hydroxyl groups is 4. The molecule has 5 N–H and O–H groups in total. The van der Waals surface area contributed by atoms with Gasteiger partial charge in [0.25, 0.3) is 0 Å². The minimum absolute atomic E-state index is 0.0134. The maximum atomic E-state index is 10.2. The molecule has 3 rings (SSSR count). The highest BCUT2D eigenvalue weighted by molar-refractivity contribution is 5.80. The van der Waals surface area contributed by atoms with Gasteiger partial charge in [0.1, 0.15) is 5.75 Å². The molecule has 1 atom stereocenters. The Hall–Kier alpha value is -2.40. The summed E-state index contributed by atoms with van der Waals surface area (Å²) in [5.74, 6) is -1.36. The Kier molecular flexibility index (Phi) is 4.53. The van der Waals surface area contributed by atoms with E-state index in [1.807, 2.05) is 0 Å². The fourth-order valence-electron chi connectivity index (χ4n) is 3.23. The number of aliphatic hydroxyl groups is 1. The second kappa shape index (κ2) is 6.61. The van der Waals surface area contributed by atoms with E-state index in [0.717, 1.165) is 18.4 Å². The monoisotopic (exact) mass is 330 g/mol. The van der Waals surface area contributed by atoms with Crippen molar-refractivity contribution >= 4 is 0 Å². The second-order valence-corrected chi connectivity index (χ2v) is 6.42. The number of phenols is 4. The van der Waals surface area contributed by atoms with Gasteiger partial charge in [-0.2, -0.15) is 0 Å². The van der Waals surface area contributed by atoms with Gasteiger partial charge in [-0.15, -0.1) is 0 Å². The molecule has 128 valence electrons. The number of fused-ring (bicyclic) bond motifs is 5. The first kappa shape index (κ1) is 16.5. The van der Waals surface area contributed by atoms with Gasteiger partial charge in [-0.3, -0.25) is 0 Å². The smallest absolute Gasteiger partial charge is 0.201 e. The first-order valence-corrected chi connectivity index (χ1v) is 8.24. The quantitative estimate of drug-likeness (QED) is 0.478. The highest BCUT2D eigenvalue weighted by atomic mass is 16.3. The number of aliphatic hydroxyl groups excluding tert-OH is 1. The van der Waals surface area contributed by atoms with Crippen LogP contribution in [-0.2, 0) is 12.8 Å². The minimum Gasteiger partial charge on any atom is -0.507 e. The van der Waals surface area contributed by atoms with Gasteiger partial charge in [0.15, 0.2) is 11.5 Å². The maximum Gasteiger partial charge on any atom is 0.201 e. The molecule has 1 aliphatic rings. The van der Waals surface area contributed by atoms with Crippen LogP contribution >= 0.6 is 0 Å². The van der Waals surface area contributed by atoms with E-state index in [9.17, 15) is 25.5 Å². The average molecular weight is 330 g/mol. The topological polar surface area (TPSA) is 101 Å². The molecule has 0 spiro atoms. The SMILES string of the molecule is Oc1ccc2cc1-c1cc(c(O)c(O)c1O)CCCCC(O)CC2. The number of hydrogen-bond donors (Lipinski definition) is 5. The molecule has 24 heavy (non-hydrogen) atoms. The number of phenolic OH excluding ortho intramolecular Hbond substituents is 4. The van der Waals surface area contributed by atoms with Crippen LogP contribution in [-0.4, -0.2) is 31.6 Å². The molecule has 4 bridgehead atoms. The molecule has 0 aromatic heterocycles. The summed E-state index contributed by atoms with van der Waals surface area (Å²) in [5.41, 5.74) is 2.13. The molecule has 0 heterocycles. The van der Waals surface area contributed by atoms with Crippen LogP contribution in [0.4, 0.5) is 0 Å². The highest BCUT2D eigenvalue weighted by Crippen LogP contribution is 2.47. The zero-order chi connectivity index (χ0) is 17.3. The van der Waals surface area contributed by atoms with E-state index < -0.39 is 11.5 Å². The molecule has 0 saturated carbocycles. The van der Waals surface area contributed by atoms with E-state index in [1.165, 1.54) is 0 Å². The molecule has 5 heteroatoms. The highest BCUT2D eigenvalue weighted by Gasteiger charge is 2.20. The number of benzene rings is 2. The van der Waals surface area contributed by atoms with Crippen molar-refractivity contribution in [3.05, 3.63) is 35.4 Å². The Morgan fingerprint density at radius 1 is 0.750 bits per heavy atom. The molecule has 0 saturated heterocycles. The maximum absolute atomic E-state index is 10.2. The Balaban J connectivity index is 2.16. The van der Waals surface area contributed by atoms with E-state index in [4.69, 9.17) is 0 Å². The Morgan fingerprint density at radius 3 is 2.33 bits per heavy atom. The van der Waals surface area contributed by atoms with E-state index in [2.05, 4.69) is 0 Å². The fourth-order valence-corrected chi connectivity index (χ4v) is 3.23. The third-order valence-corrected chi connectivity index (χ3v) is 4.68. The molecule has 0 radical (unpaired) electrons. The van der Waals surface area contributed by atoms with Gasteiger partial charge >= 0.3 is 0 Å². The third kappa shape index (κ3) is 3.12. The summed E-state index contributed by atoms with van der Waals surface area (Å²) in [5, 5.41) is 50.6. The lowest BCUT2D eigenvalue weighted by Gasteiger charge is -2.14. The van der Waals surface area contributed by atoms with Crippen molar-refractivity contribution in [3.63, 3.8) is 0 Å². The van der Waals surface area contributed by atoms with Crippen LogP contribution in [0.25, 0.3) is 11.1 Å². The lowest BCUT2D eigenvalue weighted by molar-refractivity contribution is 0.151. The molecule has 5 nitrogen and oxygen atoms in total. The molecule has 1 unspecified atom stereocenters. The van der Waals surface area contributed by atoms with Crippen molar-refractivity contribution in [3.8, 4) is 34.1 Å². The predicted molar refractivity (Wildman–Crippen MR) is 90.4 cm³/mol. The first-order valence-electron chi connectivity index (χ1n) is 8.24. The van der Waals surface area contributed by atoms with Crippen LogP contribution in [0.1, 0.15) is 36.8 Å². The molecule has 2 aromatic rings. The summed E-state index contributed by atoms with van der Waals surface area (Å²) < 4.78 is 0. The molecule has 2 aromatic carbocycles. The van der Waals surface area contributed by atoms with Crippen molar-refractivity contribution in [1.29, 1.82) is 0 Å². The summed E-state index contributed by atoms with van der Waals surface area (Å²) in [7, 11) is 0. The van der Waals surface area contributed by atoms with Gasteiger partial charge in [-0.05, 0) is 61.4 Å². The van der Waals surface area contributed by atoms with Crippen molar-refractivity contribution in [2.75, 3.05) is 0 Å². The van der Waals surface area contributed by atoms with Crippen LogP contribution in [0, 0.1) is 0 Å². The van der Waals surface area contributed by atoms with E-state index in [1.54, 1.807) is 24.3 Å². The zero-order valence-corrected chi connectivity index (χ0v) is 13.4. The van der Waals surface area contributed by atoms with Gasteiger partial charge in [-0.1, -0.05) is 12.5 Å². The van der Waals surface area contributed by atoms with Gasteiger partial charge in [0.05, 0.1) is 6.10 Å². The van der Waals surface area contributed by atoms with Crippen LogP contribution in [0.3, 0.4) is 0 Å². The lowest BCUT2D eigenvalue weighted by atomic mass is 9.95. The average Bonchev–Trinajstić information content (AvgIpc) is 2.58. The predicted octanol–water partition coefficient (Wildman–Crippen LogP) is 3.20. The Bertz CT molecular complexity index is 754. The van der Waals surface area contributed by atoms with Crippen molar-refractivity contribution in [1.82, 2.24) is 0 Å². The summed E-state index contributed by atoms with van der Waals surface area (Å²) in [6.07, 6.45) is 3.65. The van der Waals surface area contributed by atoms with Gasteiger partial charge in [-0.25, -0.2) is 0 Å². The summed E-state index contributed by atoms with van der Waals surface area (Å²) >= 11 is 0. The molecule has 1 aliphatic carbocycles. The fraction of sp³-hybridized carbons (Fsp3) is 0.368. The minimum atomic E-state index is -0.567. The van der Waals surface area contributed by atoms with E-state index >= 15 is 0 Å². The van der Waals surface area contributed by atoms with E-state index in [0.29, 0.717) is 42.4 Å².